The number of hydrogen-bond acceptors (Lipinski definition) is 3. The van der Waals surface area contributed by atoms with E-state index in [0.29, 0.717) is 23.4 Å². The monoisotopic (exact) mass is 273 g/mol. The standard InChI is InChI=1S/C14H15N3O3/c18-12(15-7-9-5-6-9)8-17-13(19)10-3-1-2-4-11(10)16-14(17)20/h1-4,9H,5-8H2,(H,15,18)(H,16,20). The van der Waals surface area contributed by atoms with Crippen molar-refractivity contribution in [3.8, 4) is 0 Å². The maximum absolute atomic E-state index is 12.2. The van der Waals surface area contributed by atoms with E-state index in [0.717, 1.165) is 17.4 Å². The fourth-order valence-electron chi connectivity index (χ4n) is 2.12. The van der Waals surface area contributed by atoms with E-state index in [1.807, 2.05) is 0 Å². The summed E-state index contributed by atoms with van der Waals surface area (Å²) in [5.41, 5.74) is -0.515. The number of para-hydroxylation sites is 1. The van der Waals surface area contributed by atoms with E-state index in [9.17, 15) is 14.4 Å². The van der Waals surface area contributed by atoms with Crippen LogP contribution in [0.2, 0.25) is 0 Å². The first-order valence-electron chi connectivity index (χ1n) is 6.64. The SMILES string of the molecule is O=C(Cn1c(=O)[nH]c2ccccc2c1=O)NCC1CC1. The number of fused-ring (bicyclic) bond motifs is 1. The molecule has 1 aromatic heterocycles. The van der Waals surface area contributed by atoms with E-state index in [-0.39, 0.29) is 12.5 Å². The summed E-state index contributed by atoms with van der Waals surface area (Å²) in [5.74, 6) is 0.255. The summed E-state index contributed by atoms with van der Waals surface area (Å²) in [6.45, 7) is 0.380. The first-order chi connectivity index (χ1) is 9.65. The Morgan fingerprint density at radius 1 is 1.30 bits per heavy atom. The molecule has 2 aromatic rings. The molecule has 20 heavy (non-hydrogen) atoms. The van der Waals surface area contributed by atoms with Crippen molar-refractivity contribution in [2.24, 2.45) is 5.92 Å². The van der Waals surface area contributed by atoms with Gasteiger partial charge in [0.1, 0.15) is 6.54 Å². The molecule has 0 radical (unpaired) electrons. The topological polar surface area (TPSA) is 84.0 Å². The number of rotatable bonds is 4. The van der Waals surface area contributed by atoms with Gasteiger partial charge < -0.3 is 10.3 Å². The molecule has 1 heterocycles. The minimum absolute atomic E-state index is 0.244. The summed E-state index contributed by atoms with van der Waals surface area (Å²) in [6.07, 6.45) is 2.27. The van der Waals surface area contributed by atoms with Gasteiger partial charge in [-0.15, -0.1) is 0 Å². The molecule has 1 aromatic carbocycles. The molecule has 0 unspecified atom stereocenters. The van der Waals surface area contributed by atoms with E-state index in [4.69, 9.17) is 0 Å². The van der Waals surface area contributed by atoms with Crippen molar-refractivity contribution < 1.29 is 4.79 Å². The van der Waals surface area contributed by atoms with Crippen molar-refractivity contribution >= 4 is 16.8 Å². The third kappa shape index (κ3) is 2.49. The van der Waals surface area contributed by atoms with Crippen LogP contribution in [-0.4, -0.2) is 22.0 Å². The van der Waals surface area contributed by atoms with Gasteiger partial charge in [-0.2, -0.15) is 0 Å². The Morgan fingerprint density at radius 3 is 2.80 bits per heavy atom. The maximum atomic E-state index is 12.2. The number of nitrogens with zero attached hydrogens (tertiary/aromatic N) is 1. The van der Waals surface area contributed by atoms with Gasteiger partial charge in [0.15, 0.2) is 0 Å². The quantitative estimate of drug-likeness (QED) is 0.835. The average Bonchev–Trinajstić information content (AvgIpc) is 3.25. The highest BCUT2D eigenvalue weighted by molar-refractivity contribution is 5.78. The summed E-state index contributed by atoms with van der Waals surface area (Å²) >= 11 is 0. The Balaban J connectivity index is 1.88. The lowest BCUT2D eigenvalue weighted by Gasteiger charge is -2.07. The molecule has 0 atom stereocenters. The normalized spacial score (nSPS) is 14.4. The number of hydrogen-bond donors (Lipinski definition) is 2. The summed E-state index contributed by atoms with van der Waals surface area (Å²) in [7, 11) is 0. The molecule has 1 aliphatic carbocycles. The number of carbonyl (C=O) groups is 1. The summed E-state index contributed by atoms with van der Waals surface area (Å²) in [5, 5.41) is 3.15. The molecule has 6 nitrogen and oxygen atoms in total. The van der Waals surface area contributed by atoms with Gasteiger partial charge in [0.2, 0.25) is 5.91 Å². The fraction of sp³-hybridized carbons (Fsp3) is 0.357. The van der Waals surface area contributed by atoms with E-state index < -0.39 is 11.2 Å². The minimum atomic E-state index is -0.560. The van der Waals surface area contributed by atoms with E-state index >= 15 is 0 Å². The molecule has 6 heteroatoms. The third-order valence-electron chi connectivity index (χ3n) is 3.48. The molecule has 1 aliphatic rings. The van der Waals surface area contributed by atoms with Gasteiger partial charge in [-0.3, -0.25) is 14.2 Å². The van der Waals surface area contributed by atoms with Crippen LogP contribution >= 0.6 is 0 Å². The van der Waals surface area contributed by atoms with Crippen LogP contribution in [0.25, 0.3) is 10.9 Å². The van der Waals surface area contributed by atoms with Crippen LogP contribution in [0.4, 0.5) is 0 Å². The third-order valence-corrected chi connectivity index (χ3v) is 3.48. The van der Waals surface area contributed by atoms with Gasteiger partial charge in [0.05, 0.1) is 10.9 Å². The van der Waals surface area contributed by atoms with Gasteiger partial charge in [0.25, 0.3) is 5.56 Å². The van der Waals surface area contributed by atoms with Gasteiger partial charge in [-0.1, -0.05) is 12.1 Å². The molecule has 0 aliphatic heterocycles. The van der Waals surface area contributed by atoms with Gasteiger partial charge in [-0.25, -0.2) is 4.79 Å². The zero-order valence-electron chi connectivity index (χ0n) is 10.9. The summed E-state index contributed by atoms with van der Waals surface area (Å²) in [4.78, 5) is 38.4. The maximum Gasteiger partial charge on any atom is 0.329 e. The molecule has 1 fully saturated rings. The van der Waals surface area contributed by atoms with Crippen molar-refractivity contribution in [1.82, 2.24) is 14.9 Å². The number of aromatic nitrogens is 2. The number of amides is 1. The van der Waals surface area contributed by atoms with Crippen molar-refractivity contribution in [3.05, 3.63) is 45.1 Å². The number of aromatic amines is 1. The highest BCUT2D eigenvalue weighted by atomic mass is 16.2. The Bertz CT molecular complexity index is 771. The molecule has 1 amide bonds. The molecule has 2 N–H and O–H groups in total. The highest BCUT2D eigenvalue weighted by Gasteiger charge is 2.21. The van der Waals surface area contributed by atoms with E-state index in [1.54, 1.807) is 24.3 Å². The van der Waals surface area contributed by atoms with Crippen LogP contribution in [0.5, 0.6) is 0 Å². The van der Waals surface area contributed by atoms with E-state index in [1.165, 1.54) is 0 Å². The van der Waals surface area contributed by atoms with Crippen LogP contribution in [0.3, 0.4) is 0 Å². The molecule has 3 rings (SSSR count). The molecule has 1 saturated carbocycles. The fourth-order valence-corrected chi connectivity index (χ4v) is 2.12. The average molecular weight is 273 g/mol. The molecule has 0 bridgehead atoms. The van der Waals surface area contributed by atoms with Gasteiger partial charge in [0, 0.05) is 6.54 Å². The first-order valence-corrected chi connectivity index (χ1v) is 6.64. The van der Waals surface area contributed by atoms with Crippen molar-refractivity contribution in [2.75, 3.05) is 6.54 Å². The molecule has 0 spiro atoms. The Labute approximate surface area is 114 Å². The van der Waals surface area contributed by atoms with Crippen molar-refractivity contribution in [2.45, 2.75) is 19.4 Å². The zero-order chi connectivity index (χ0) is 14.1. The van der Waals surface area contributed by atoms with Gasteiger partial charge >= 0.3 is 5.69 Å². The lowest BCUT2D eigenvalue weighted by molar-refractivity contribution is -0.121. The van der Waals surface area contributed by atoms with Crippen molar-refractivity contribution in [3.63, 3.8) is 0 Å². The van der Waals surface area contributed by atoms with Crippen LogP contribution in [0.1, 0.15) is 12.8 Å². The van der Waals surface area contributed by atoms with Crippen LogP contribution < -0.4 is 16.6 Å². The Kier molecular flexibility index (Phi) is 3.14. The molecular formula is C14H15N3O3. The number of H-pyrrole nitrogens is 1. The van der Waals surface area contributed by atoms with Crippen molar-refractivity contribution in [1.29, 1.82) is 0 Å². The van der Waals surface area contributed by atoms with Crippen LogP contribution in [0, 0.1) is 5.92 Å². The predicted molar refractivity (Wildman–Crippen MR) is 74.6 cm³/mol. The van der Waals surface area contributed by atoms with E-state index in [2.05, 4.69) is 10.3 Å². The first kappa shape index (κ1) is 12.7. The lowest BCUT2D eigenvalue weighted by atomic mass is 10.2. The number of benzene rings is 1. The smallest absolute Gasteiger partial charge is 0.329 e. The summed E-state index contributed by atoms with van der Waals surface area (Å²) in [6, 6.07) is 6.76. The molecule has 104 valence electrons. The second-order valence-corrected chi connectivity index (χ2v) is 5.11. The number of nitrogens with one attached hydrogen (secondary N) is 2. The highest BCUT2D eigenvalue weighted by Crippen LogP contribution is 2.27. The Morgan fingerprint density at radius 2 is 2.05 bits per heavy atom. The van der Waals surface area contributed by atoms with Crippen LogP contribution in [0.15, 0.2) is 33.9 Å². The van der Waals surface area contributed by atoms with Gasteiger partial charge in [-0.05, 0) is 30.9 Å². The predicted octanol–water partition coefficient (Wildman–Crippen LogP) is 0.216. The van der Waals surface area contributed by atoms with Crippen LogP contribution in [-0.2, 0) is 11.3 Å². The lowest BCUT2D eigenvalue weighted by Crippen LogP contribution is -2.41. The second-order valence-electron chi connectivity index (χ2n) is 5.11. The largest absolute Gasteiger partial charge is 0.354 e. The minimum Gasteiger partial charge on any atom is -0.354 e. The molecule has 0 saturated heterocycles. The number of carbonyl (C=O) groups excluding carboxylic acids is 1. The Hall–Kier alpha value is -2.37. The zero-order valence-corrected chi connectivity index (χ0v) is 10.9. The summed E-state index contributed by atoms with van der Waals surface area (Å²) < 4.78 is 0.935. The second kappa shape index (κ2) is 4.96. The molecular weight excluding hydrogens is 258 g/mol.